The van der Waals surface area contributed by atoms with Crippen molar-refractivity contribution in [2.45, 2.75) is 17.9 Å². The van der Waals surface area contributed by atoms with Crippen LogP contribution in [0.3, 0.4) is 0 Å². The van der Waals surface area contributed by atoms with Gasteiger partial charge in [0, 0.05) is 13.1 Å². The van der Waals surface area contributed by atoms with Crippen molar-refractivity contribution in [3.05, 3.63) is 18.2 Å². The number of ether oxygens (including phenoxy) is 2. The molecule has 0 aliphatic carbocycles. The van der Waals surface area contributed by atoms with Crippen molar-refractivity contribution >= 4 is 15.9 Å². The lowest BCUT2D eigenvalue weighted by molar-refractivity contribution is -0.120. The van der Waals surface area contributed by atoms with Gasteiger partial charge in [0.15, 0.2) is 11.5 Å². The van der Waals surface area contributed by atoms with Crippen LogP contribution in [0.5, 0.6) is 11.5 Å². The molecule has 0 bridgehead atoms. The molecule has 1 rings (SSSR count). The van der Waals surface area contributed by atoms with Gasteiger partial charge < -0.3 is 15.2 Å². The van der Waals surface area contributed by atoms with Crippen LogP contribution < -0.4 is 15.2 Å². The number of sulfonamides is 1. The molecule has 1 aromatic carbocycles. The number of hydrogen-bond acceptors (Lipinski definition) is 5. The molecule has 1 aromatic rings. The van der Waals surface area contributed by atoms with Crippen molar-refractivity contribution in [2.24, 2.45) is 5.73 Å². The van der Waals surface area contributed by atoms with Gasteiger partial charge in [-0.15, -0.1) is 0 Å². The Morgan fingerprint density at radius 1 is 1.25 bits per heavy atom. The highest BCUT2D eigenvalue weighted by molar-refractivity contribution is 7.89. The Bertz CT molecular complexity index is 600. The largest absolute Gasteiger partial charge is 0.493 e. The number of likely N-dealkylation sites (N-methyl/N-ethyl adjacent to an activating group) is 1. The topological polar surface area (TPSA) is 98.9 Å². The number of nitrogens with zero attached hydrogens (tertiary/aromatic N) is 1. The van der Waals surface area contributed by atoms with E-state index in [4.69, 9.17) is 15.2 Å². The first-order valence-corrected chi connectivity index (χ1v) is 7.19. The van der Waals surface area contributed by atoms with Gasteiger partial charge >= 0.3 is 0 Å². The first kappa shape index (κ1) is 16.3. The summed E-state index contributed by atoms with van der Waals surface area (Å²) >= 11 is 0. The summed E-state index contributed by atoms with van der Waals surface area (Å²) in [6, 6.07) is 3.24. The van der Waals surface area contributed by atoms with Crippen molar-refractivity contribution in [1.82, 2.24) is 4.31 Å². The second kappa shape index (κ2) is 6.10. The van der Waals surface area contributed by atoms with E-state index in [1.165, 1.54) is 46.4 Å². The molecule has 0 aromatic heterocycles. The molecule has 112 valence electrons. The lowest BCUT2D eigenvalue weighted by Crippen LogP contribution is -2.43. The summed E-state index contributed by atoms with van der Waals surface area (Å²) in [6.45, 7) is 1.42. The minimum Gasteiger partial charge on any atom is -0.493 e. The fourth-order valence-electron chi connectivity index (χ4n) is 1.53. The van der Waals surface area contributed by atoms with Crippen LogP contribution in [0.1, 0.15) is 6.92 Å². The molecular formula is C12H18N2O5S. The van der Waals surface area contributed by atoms with Gasteiger partial charge in [0.25, 0.3) is 0 Å². The Morgan fingerprint density at radius 3 is 2.25 bits per heavy atom. The molecule has 0 saturated heterocycles. The van der Waals surface area contributed by atoms with Gasteiger partial charge in [0.1, 0.15) is 6.04 Å². The number of carbonyl (C=O) groups excluding carboxylic acids is 1. The second-order valence-electron chi connectivity index (χ2n) is 4.12. The fraction of sp³-hybridized carbons (Fsp3) is 0.417. The zero-order valence-electron chi connectivity index (χ0n) is 11.8. The number of methoxy groups -OCH3 is 2. The number of nitrogens with two attached hydrogens (primary N) is 1. The van der Waals surface area contributed by atoms with Gasteiger partial charge in [0.2, 0.25) is 15.9 Å². The smallest absolute Gasteiger partial charge is 0.243 e. The Hall–Kier alpha value is -1.80. The molecule has 0 radical (unpaired) electrons. The summed E-state index contributed by atoms with van der Waals surface area (Å²) in [4.78, 5) is 11.1. The molecule has 7 nitrogen and oxygen atoms in total. The predicted molar refractivity (Wildman–Crippen MR) is 73.2 cm³/mol. The quantitative estimate of drug-likeness (QED) is 0.809. The molecule has 1 amide bonds. The van der Waals surface area contributed by atoms with Crippen LogP contribution in [0.2, 0.25) is 0 Å². The third-order valence-electron chi connectivity index (χ3n) is 2.99. The van der Waals surface area contributed by atoms with Crippen LogP contribution in [-0.2, 0) is 14.8 Å². The van der Waals surface area contributed by atoms with Crippen molar-refractivity contribution in [2.75, 3.05) is 21.3 Å². The third-order valence-corrected chi connectivity index (χ3v) is 4.91. The first-order valence-electron chi connectivity index (χ1n) is 5.75. The minimum absolute atomic E-state index is 0.00856. The molecule has 0 saturated carbocycles. The maximum absolute atomic E-state index is 12.4. The lowest BCUT2D eigenvalue weighted by Gasteiger charge is -2.22. The van der Waals surface area contributed by atoms with Crippen LogP contribution >= 0.6 is 0 Å². The number of carbonyl (C=O) groups is 1. The number of amides is 1. The summed E-state index contributed by atoms with van der Waals surface area (Å²) in [5.74, 6) is -0.0256. The number of primary amides is 1. The maximum atomic E-state index is 12.4. The second-order valence-corrected chi connectivity index (χ2v) is 6.11. The normalized spacial score (nSPS) is 13.1. The lowest BCUT2D eigenvalue weighted by atomic mass is 10.3. The third kappa shape index (κ3) is 3.02. The molecule has 1 atom stereocenters. The fourth-order valence-corrected chi connectivity index (χ4v) is 2.88. The maximum Gasteiger partial charge on any atom is 0.243 e. The summed E-state index contributed by atoms with van der Waals surface area (Å²) in [6.07, 6.45) is 0. The van der Waals surface area contributed by atoms with E-state index < -0.39 is 22.0 Å². The molecule has 0 heterocycles. The monoisotopic (exact) mass is 302 g/mol. The molecule has 2 N–H and O–H groups in total. The molecule has 20 heavy (non-hydrogen) atoms. The Morgan fingerprint density at radius 2 is 1.80 bits per heavy atom. The zero-order chi connectivity index (χ0) is 15.5. The summed E-state index contributed by atoms with van der Waals surface area (Å²) in [5, 5.41) is 0. The van der Waals surface area contributed by atoms with E-state index in [1.807, 2.05) is 0 Å². The van der Waals surface area contributed by atoms with E-state index >= 15 is 0 Å². The Labute approximate surface area is 118 Å². The zero-order valence-corrected chi connectivity index (χ0v) is 12.6. The SMILES string of the molecule is COc1ccc(S(=O)(=O)N(C)[C@@H](C)C(N)=O)cc1OC. The van der Waals surface area contributed by atoms with Crippen molar-refractivity contribution in [3.63, 3.8) is 0 Å². The molecule has 0 aliphatic heterocycles. The molecule has 0 unspecified atom stereocenters. The number of rotatable bonds is 6. The summed E-state index contributed by atoms with van der Waals surface area (Å²) < 4.78 is 35.8. The molecular weight excluding hydrogens is 284 g/mol. The van der Waals surface area contributed by atoms with Crippen molar-refractivity contribution in [3.8, 4) is 11.5 Å². The van der Waals surface area contributed by atoms with Gasteiger partial charge in [-0.1, -0.05) is 0 Å². The highest BCUT2D eigenvalue weighted by Gasteiger charge is 2.29. The van der Waals surface area contributed by atoms with Crippen LogP contribution in [-0.4, -0.2) is 45.9 Å². The van der Waals surface area contributed by atoms with Crippen LogP contribution in [0.15, 0.2) is 23.1 Å². The molecule has 0 spiro atoms. The standard InChI is InChI=1S/C12H18N2O5S/c1-8(12(13)15)14(2)20(16,17)9-5-6-10(18-3)11(7-9)19-4/h5-8H,1-4H3,(H2,13,15)/t8-/m0/s1. The van der Waals surface area contributed by atoms with Crippen LogP contribution in [0.4, 0.5) is 0 Å². The Balaban J connectivity index is 3.25. The van der Waals surface area contributed by atoms with Crippen molar-refractivity contribution in [1.29, 1.82) is 0 Å². The van der Waals surface area contributed by atoms with E-state index in [2.05, 4.69) is 0 Å². The van der Waals surface area contributed by atoms with E-state index in [1.54, 1.807) is 0 Å². The number of benzene rings is 1. The summed E-state index contributed by atoms with van der Waals surface area (Å²) in [5.41, 5.74) is 5.12. The van der Waals surface area contributed by atoms with Gasteiger partial charge in [-0.05, 0) is 19.1 Å². The van der Waals surface area contributed by atoms with Crippen LogP contribution in [0.25, 0.3) is 0 Å². The van der Waals surface area contributed by atoms with E-state index in [0.29, 0.717) is 5.75 Å². The van der Waals surface area contributed by atoms with Gasteiger partial charge in [-0.2, -0.15) is 4.31 Å². The summed E-state index contributed by atoms with van der Waals surface area (Å²) in [7, 11) is 0.308. The van der Waals surface area contributed by atoms with Gasteiger partial charge in [-0.25, -0.2) is 8.42 Å². The van der Waals surface area contributed by atoms with Gasteiger partial charge in [0.05, 0.1) is 19.1 Å². The molecule has 0 fully saturated rings. The average molecular weight is 302 g/mol. The minimum atomic E-state index is -3.84. The molecule has 8 heteroatoms. The van der Waals surface area contributed by atoms with Crippen LogP contribution in [0, 0.1) is 0 Å². The highest BCUT2D eigenvalue weighted by atomic mass is 32.2. The molecule has 0 aliphatic rings. The first-order chi connectivity index (χ1) is 9.25. The predicted octanol–water partition coefficient (Wildman–Crippen LogP) is 0.198. The van der Waals surface area contributed by atoms with E-state index in [-0.39, 0.29) is 10.6 Å². The average Bonchev–Trinajstić information content (AvgIpc) is 2.44. The van der Waals surface area contributed by atoms with Gasteiger partial charge in [-0.3, -0.25) is 4.79 Å². The number of hydrogen-bond donors (Lipinski definition) is 1. The van der Waals surface area contributed by atoms with Crippen molar-refractivity contribution < 1.29 is 22.7 Å². The Kier molecular flexibility index (Phi) is 4.96. The highest BCUT2D eigenvalue weighted by Crippen LogP contribution is 2.30. The van der Waals surface area contributed by atoms with E-state index in [9.17, 15) is 13.2 Å². The van der Waals surface area contributed by atoms with E-state index in [0.717, 1.165) is 4.31 Å².